The van der Waals surface area contributed by atoms with E-state index in [0.29, 0.717) is 77.2 Å². The molecular formula is C37H35IN4O7. The molecule has 0 spiro atoms. The number of aliphatic imine (C=N–C) groups is 2. The van der Waals surface area contributed by atoms with Crippen molar-refractivity contribution in [2.24, 2.45) is 9.98 Å². The molecule has 2 atom stereocenters. The molecule has 2 saturated heterocycles. The minimum atomic E-state index is -0.528. The van der Waals surface area contributed by atoms with Gasteiger partial charge in [-0.1, -0.05) is 24.3 Å². The monoisotopic (exact) mass is 774 g/mol. The molecule has 0 unspecified atom stereocenters. The number of fused-ring (bicyclic) bond motifs is 4. The van der Waals surface area contributed by atoms with Gasteiger partial charge in [0, 0.05) is 37.7 Å². The van der Waals surface area contributed by atoms with Crippen LogP contribution in [0.1, 0.15) is 51.6 Å². The molecule has 7 rings (SSSR count). The van der Waals surface area contributed by atoms with Crippen LogP contribution in [0.25, 0.3) is 0 Å². The van der Waals surface area contributed by atoms with Gasteiger partial charge in [0.2, 0.25) is 0 Å². The number of carbonyl (C=O) groups excluding carboxylic acids is 2. The first kappa shape index (κ1) is 32.7. The molecule has 0 aromatic heterocycles. The second kappa shape index (κ2) is 12.9. The molecule has 2 fully saturated rings. The van der Waals surface area contributed by atoms with E-state index in [-0.39, 0.29) is 31.1 Å². The third-order valence-electron chi connectivity index (χ3n) is 9.20. The van der Waals surface area contributed by atoms with E-state index in [0.717, 1.165) is 22.3 Å². The maximum atomic E-state index is 13.5. The molecule has 0 aliphatic carbocycles. The second-order valence-corrected chi connectivity index (χ2v) is 13.3. The van der Waals surface area contributed by atoms with Gasteiger partial charge in [-0.05, 0) is 61.2 Å². The van der Waals surface area contributed by atoms with Gasteiger partial charge in [-0.3, -0.25) is 19.6 Å². The van der Waals surface area contributed by atoms with Gasteiger partial charge < -0.3 is 31.8 Å². The number of benzene rings is 3. The molecule has 0 N–H and O–H groups in total. The maximum Gasteiger partial charge on any atom is 0.257 e. The topological polar surface area (TPSA) is 111 Å². The Morgan fingerprint density at radius 3 is 2.04 bits per heavy atom. The minimum Gasteiger partial charge on any atom is -0.493 e. The van der Waals surface area contributed by atoms with Gasteiger partial charge in [0.1, 0.15) is 19.0 Å². The van der Waals surface area contributed by atoms with Crippen LogP contribution in [0, 0.1) is 0 Å². The van der Waals surface area contributed by atoms with Crippen LogP contribution in [0.15, 0.2) is 76.8 Å². The number of rotatable bonds is 9. The largest absolute Gasteiger partial charge is 0.493 e. The van der Waals surface area contributed by atoms with Crippen molar-refractivity contribution < 1.29 is 31.6 Å². The first-order valence-corrected chi connectivity index (χ1v) is 16.6. The fourth-order valence-electron chi connectivity index (χ4n) is 6.80. The normalized spacial score (nSPS) is 20.7. The molecule has 0 radical (unpaired) electrons. The fraction of sp³-hybridized carbons (Fsp3) is 0.297. The van der Waals surface area contributed by atoms with E-state index in [9.17, 15) is 9.59 Å². The van der Waals surface area contributed by atoms with Gasteiger partial charge in [-0.2, -0.15) is 0 Å². The highest BCUT2D eigenvalue weighted by atomic mass is 127. The van der Waals surface area contributed by atoms with E-state index < -0.39 is 5.54 Å². The average Bonchev–Trinajstić information content (AvgIpc) is 3.57. The zero-order valence-electron chi connectivity index (χ0n) is 27.5. The summed E-state index contributed by atoms with van der Waals surface area (Å²) in [4.78, 5) is 39.8. The predicted molar refractivity (Wildman–Crippen MR) is 194 cm³/mol. The van der Waals surface area contributed by atoms with Gasteiger partial charge in [0.05, 0.1) is 48.3 Å². The highest BCUT2D eigenvalue weighted by Gasteiger charge is 2.43. The van der Waals surface area contributed by atoms with E-state index in [1.54, 1.807) is 47.4 Å². The minimum absolute atomic E-state index is 0.108. The number of nitrogens with zero attached hydrogens (tertiary/aromatic N) is 4. The number of methoxy groups -OCH3 is 2. The van der Waals surface area contributed by atoms with Crippen LogP contribution in [0.5, 0.6) is 28.7 Å². The van der Waals surface area contributed by atoms with Gasteiger partial charge in [0.25, 0.3) is 11.8 Å². The van der Waals surface area contributed by atoms with Crippen molar-refractivity contribution in [2.45, 2.75) is 44.6 Å². The number of ether oxygens (including phenoxy) is 4. The first-order valence-electron chi connectivity index (χ1n) is 15.8. The van der Waals surface area contributed by atoms with Crippen molar-refractivity contribution in [1.82, 2.24) is 9.80 Å². The summed E-state index contributed by atoms with van der Waals surface area (Å²) in [5, 5.41) is 0. The van der Waals surface area contributed by atoms with Crippen molar-refractivity contribution in [3.8, 4) is 28.7 Å². The lowest BCUT2D eigenvalue weighted by Gasteiger charge is -2.29. The molecule has 0 saturated carbocycles. The summed E-state index contributed by atoms with van der Waals surface area (Å²) in [5.41, 5.74) is 5.08. The summed E-state index contributed by atoms with van der Waals surface area (Å²) in [6.45, 7) is 11.5. The Hall–Kier alpha value is -4.85. The Balaban J connectivity index is 1.10. The molecule has 4 aliphatic heterocycles. The summed E-state index contributed by atoms with van der Waals surface area (Å²) < 4.78 is 29.3. The summed E-state index contributed by atoms with van der Waals surface area (Å²) in [6.07, 6.45) is 4.99. The molecule has 252 valence electrons. The molecule has 3 aromatic rings. The van der Waals surface area contributed by atoms with Gasteiger partial charge in [-0.15, -0.1) is 0 Å². The molecule has 11 nitrogen and oxygen atoms in total. The lowest BCUT2D eigenvalue weighted by atomic mass is 9.99. The van der Waals surface area contributed by atoms with Crippen molar-refractivity contribution >= 4 is 58.6 Å². The molecule has 2 amide bonds. The summed E-state index contributed by atoms with van der Waals surface area (Å²) in [6, 6.07) is 12.4. The average molecular weight is 775 g/mol. The lowest BCUT2D eigenvalue weighted by molar-refractivity contribution is 0.0713. The van der Waals surface area contributed by atoms with Crippen LogP contribution in [-0.4, -0.2) is 72.9 Å². The fourth-order valence-corrected chi connectivity index (χ4v) is 7.06. The van der Waals surface area contributed by atoms with Gasteiger partial charge in [0.15, 0.2) is 46.0 Å². The van der Waals surface area contributed by atoms with E-state index >= 15 is 0 Å². The maximum absolute atomic E-state index is 13.5. The zero-order chi connectivity index (χ0) is 34.4. The Morgan fingerprint density at radius 2 is 1.43 bits per heavy atom. The van der Waals surface area contributed by atoms with Crippen molar-refractivity contribution in [3.05, 3.63) is 89.0 Å². The van der Waals surface area contributed by atoms with Gasteiger partial charge >= 0.3 is 0 Å². The number of hydrogen-bond acceptors (Lipinski definition) is 9. The summed E-state index contributed by atoms with van der Waals surface area (Å²) in [5.74, 6) is 2.16. The zero-order valence-corrected chi connectivity index (χ0v) is 29.6. The standard InChI is InChI=1S/C37H35IN4O7/c1-21-6-25-15-39-29-12-33(31(45-4)10-27(29)35(43)41(25)16-21)47-18-23-7-24(9-26(8-23)49-38)19-48-34-13-30-28(11-32(34)46-5)36(44)42-17-22(2)14-37(42,3)20-40-30/h7-13,15,20,25H,1-2,6,14,16-19H2,3-5H3/t25-,37-/m0/s1. The van der Waals surface area contributed by atoms with Crippen LogP contribution < -0.4 is 22.0 Å². The van der Waals surface area contributed by atoms with Crippen LogP contribution >= 0.6 is 23.0 Å². The number of carbonyl (C=O) groups is 2. The molecule has 49 heavy (non-hydrogen) atoms. The van der Waals surface area contributed by atoms with E-state index in [1.165, 1.54) is 7.11 Å². The van der Waals surface area contributed by atoms with E-state index in [1.807, 2.05) is 54.3 Å². The van der Waals surface area contributed by atoms with Crippen molar-refractivity contribution in [1.29, 1.82) is 0 Å². The van der Waals surface area contributed by atoms with Crippen LogP contribution in [0.2, 0.25) is 0 Å². The lowest BCUT2D eigenvalue weighted by Crippen LogP contribution is -2.45. The second-order valence-electron chi connectivity index (χ2n) is 12.8. The number of hydrogen-bond donors (Lipinski definition) is 0. The summed E-state index contributed by atoms with van der Waals surface area (Å²) >= 11 is 1.84. The van der Waals surface area contributed by atoms with E-state index in [4.69, 9.17) is 27.0 Å². The summed E-state index contributed by atoms with van der Waals surface area (Å²) in [7, 11) is 3.08. The Morgan fingerprint density at radius 1 is 0.816 bits per heavy atom. The van der Waals surface area contributed by atoms with Crippen LogP contribution in [0.4, 0.5) is 11.4 Å². The quantitative estimate of drug-likeness (QED) is 0.171. The molecule has 4 heterocycles. The smallest absolute Gasteiger partial charge is 0.257 e. The Kier molecular flexibility index (Phi) is 8.59. The highest BCUT2D eigenvalue weighted by molar-refractivity contribution is 14.1. The third kappa shape index (κ3) is 6.13. The molecule has 4 aliphatic rings. The molecule has 3 aromatic carbocycles. The number of amides is 2. The Bertz CT molecular complexity index is 1970. The van der Waals surface area contributed by atoms with Crippen LogP contribution in [-0.2, 0) is 13.2 Å². The first-order chi connectivity index (χ1) is 23.6. The SMILES string of the molecule is C=C1C[C@H]2C=Nc3cc(OCc4cc(COc5cc6c(cc5OC)C(=O)N5CC(=C)C[C@@]5(C)C=N6)cc(OI)c4)c(OC)cc3C(=O)N2C1. The van der Waals surface area contributed by atoms with Crippen molar-refractivity contribution in [2.75, 3.05) is 27.3 Å². The van der Waals surface area contributed by atoms with Crippen LogP contribution in [0.3, 0.4) is 0 Å². The molecule has 0 bridgehead atoms. The predicted octanol–water partition coefficient (Wildman–Crippen LogP) is 6.95. The molecular weight excluding hydrogens is 739 g/mol. The third-order valence-corrected chi connectivity index (χ3v) is 9.71. The highest BCUT2D eigenvalue weighted by Crippen LogP contribution is 2.42. The molecule has 12 heteroatoms. The number of halogens is 1. The van der Waals surface area contributed by atoms with Crippen molar-refractivity contribution in [3.63, 3.8) is 0 Å². The Labute approximate surface area is 298 Å². The van der Waals surface area contributed by atoms with E-state index in [2.05, 4.69) is 18.2 Å². The van der Waals surface area contributed by atoms with Gasteiger partial charge in [-0.25, -0.2) is 0 Å².